The second kappa shape index (κ2) is 7.41. The number of hydrogen-bond donors (Lipinski definition) is 1. The molecule has 134 valence electrons. The van der Waals surface area contributed by atoms with Gasteiger partial charge in [-0.25, -0.2) is 15.0 Å². The normalized spacial score (nSPS) is 10.9. The highest BCUT2D eigenvalue weighted by Gasteiger charge is 2.11. The molecule has 0 aliphatic carbocycles. The fourth-order valence-corrected chi connectivity index (χ4v) is 3.08. The summed E-state index contributed by atoms with van der Waals surface area (Å²) in [5, 5.41) is 3.41. The van der Waals surface area contributed by atoms with E-state index in [1.165, 1.54) is 16.7 Å². The van der Waals surface area contributed by atoms with Crippen LogP contribution in [-0.2, 0) is 13.1 Å². The van der Waals surface area contributed by atoms with Crippen molar-refractivity contribution in [3.8, 4) is 11.1 Å². The van der Waals surface area contributed by atoms with E-state index in [1.807, 2.05) is 23.6 Å². The molecule has 0 aliphatic rings. The first-order valence-corrected chi connectivity index (χ1v) is 8.93. The molecule has 0 fully saturated rings. The minimum Gasteiger partial charge on any atom is -0.364 e. The van der Waals surface area contributed by atoms with Crippen molar-refractivity contribution in [1.82, 2.24) is 19.5 Å². The topological polar surface area (TPSA) is 55.6 Å². The van der Waals surface area contributed by atoms with Crippen LogP contribution < -0.4 is 5.32 Å². The van der Waals surface area contributed by atoms with Gasteiger partial charge in [0.15, 0.2) is 11.5 Å². The summed E-state index contributed by atoms with van der Waals surface area (Å²) in [7, 11) is 0. The summed E-state index contributed by atoms with van der Waals surface area (Å²) in [5.41, 5.74) is 5.22. The van der Waals surface area contributed by atoms with Gasteiger partial charge in [0.25, 0.3) is 0 Å². The summed E-state index contributed by atoms with van der Waals surface area (Å²) >= 11 is 0. The molecule has 0 aliphatic heterocycles. The molecule has 1 N–H and O–H groups in total. The number of fused-ring (bicyclic) bond motifs is 1. The van der Waals surface area contributed by atoms with Crippen LogP contribution in [0.15, 0.2) is 73.6 Å². The van der Waals surface area contributed by atoms with Gasteiger partial charge in [-0.1, -0.05) is 60.7 Å². The van der Waals surface area contributed by atoms with Gasteiger partial charge in [-0.2, -0.15) is 0 Å². The summed E-state index contributed by atoms with van der Waals surface area (Å²) in [6.07, 6.45) is 3.61. The van der Waals surface area contributed by atoms with E-state index in [9.17, 15) is 0 Å². The quantitative estimate of drug-likeness (QED) is 0.514. The van der Waals surface area contributed by atoms with Gasteiger partial charge >= 0.3 is 0 Å². The molecule has 5 nitrogen and oxygen atoms in total. The third-order valence-electron chi connectivity index (χ3n) is 4.42. The molecule has 4 rings (SSSR count). The predicted octanol–water partition coefficient (Wildman–Crippen LogP) is 4.60. The first-order chi connectivity index (χ1) is 13.2. The molecule has 2 aromatic carbocycles. The standard InChI is InChI=1S/C22H21N5/c1-3-13-27-15-24-20-21(25-16(2)26-22(20)27)23-14-17-9-11-19(12-10-17)18-7-5-4-6-8-18/h3-12,15H,1,13-14H2,2H3,(H,23,25,26). The van der Waals surface area contributed by atoms with Crippen molar-refractivity contribution in [2.75, 3.05) is 5.32 Å². The molecule has 0 saturated carbocycles. The number of anilines is 1. The average Bonchev–Trinajstić information content (AvgIpc) is 3.10. The lowest BCUT2D eigenvalue weighted by molar-refractivity contribution is 0.834. The highest BCUT2D eigenvalue weighted by molar-refractivity contribution is 5.83. The van der Waals surface area contributed by atoms with Gasteiger partial charge in [0, 0.05) is 13.1 Å². The monoisotopic (exact) mass is 355 g/mol. The van der Waals surface area contributed by atoms with Crippen molar-refractivity contribution >= 4 is 17.0 Å². The van der Waals surface area contributed by atoms with Crippen LogP contribution in [0.2, 0.25) is 0 Å². The van der Waals surface area contributed by atoms with E-state index in [0.717, 1.165) is 22.8 Å². The Bertz CT molecular complexity index is 1070. The summed E-state index contributed by atoms with van der Waals surface area (Å²) in [6.45, 7) is 7.03. The van der Waals surface area contributed by atoms with Crippen LogP contribution in [0, 0.1) is 6.92 Å². The molecule has 27 heavy (non-hydrogen) atoms. The molecule has 4 aromatic rings. The molecule has 2 heterocycles. The van der Waals surface area contributed by atoms with E-state index in [4.69, 9.17) is 0 Å². The number of aromatic nitrogens is 4. The number of allylic oxidation sites excluding steroid dienone is 1. The molecule has 5 heteroatoms. The van der Waals surface area contributed by atoms with Crippen LogP contribution in [0.25, 0.3) is 22.3 Å². The van der Waals surface area contributed by atoms with Gasteiger partial charge in [0.1, 0.15) is 11.3 Å². The molecule has 0 unspecified atom stereocenters. The number of nitrogens with zero attached hydrogens (tertiary/aromatic N) is 4. The SMILES string of the molecule is C=CCn1cnc2c(NCc3ccc(-c4ccccc4)cc3)nc(C)nc21. The first kappa shape index (κ1) is 17.0. The zero-order valence-electron chi connectivity index (χ0n) is 15.3. The van der Waals surface area contributed by atoms with Crippen LogP contribution in [0.3, 0.4) is 0 Å². The zero-order valence-corrected chi connectivity index (χ0v) is 15.3. The van der Waals surface area contributed by atoms with Crippen LogP contribution in [0.4, 0.5) is 5.82 Å². The Morgan fingerprint density at radius 2 is 1.74 bits per heavy atom. The first-order valence-electron chi connectivity index (χ1n) is 8.93. The van der Waals surface area contributed by atoms with Crippen molar-refractivity contribution in [3.05, 3.63) is 85.0 Å². The van der Waals surface area contributed by atoms with Gasteiger partial charge < -0.3 is 9.88 Å². The predicted molar refractivity (Wildman–Crippen MR) is 109 cm³/mol. The van der Waals surface area contributed by atoms with Crippen LogP contribution in [0.5, 0.6) is 0 Å². The second-order valence-electron chi connectivity index (χ2n) is 6.39. The number of hydrogen-bond acceptors (Lipinski definition) is 4. The zero-order chi connectivity index (χ0) is 18.6. The summed E-state index contributed by atoms with van der Waals surface area (Å²) in [4.78, 5) is 13.5. The Labute approximate surface area is 158 Å². The van der Waals surface area contributed by atoms with Gasteiger partial charge in [0.2, 0.25) is 0 Å². The molecule has 0 spiro atoms. The van der Waals surface area contributed by atoms with E-state index in [2.05, 4.69) is 75.4 Å². The average molecular weight is 355 g/mol. The van der Waals surface area contributed by atoms with Crippen LogP contribution in [0.1, 0.15) is 11.4 Å². The van der Waals surface area contributed by atoms with E-state index in [1.54, 1.807) is 6.33 Å². The highest BCUT2D eigenvalue weighted by atomic mass is 15.1. The molecular formula is C22H21N5. The lowest BCUT2D eigenvalue weighted by Crippen LogP contribution is -2.05. The molecule has 0 bridgehead atoms. The largest absolute Gasteiger partial charge is 0.364 e. The third kappa shape index (κ3) is 3.58. The van der Waals surface area contributed by atoms with Crippen LogP contribution in [-0.4, -0.2) is 19.5 Å². The summed E-state index contributed by atoms with van der Waals surface area (Å²) < 4.78 is 1.97. The number of aryl methyl sites for hydroxylation is 1. The molecular weight excluding hydrogens is 334 g/mol. The second-order valence-corrected chi connectivity index (χ2v) is 6.39. The van der Waals surface area contributed by atoms with Crippen molar-refractivity contribution in [2.24, 2.45) is 0 Å². The fraction of sp³-hybridized carbons (Fsp3) is 0.136. The highest BCUT2D eigenvalue weighted by Crippen LogP contribution is 2.22. The van der Waals surface area contributed by atoms with Gasteiger partial charge in [-0.05, 0) is 23.6 Å². The maximum absolute atomic E-state index is 4.53. The summed E-state index contributed by atoms with van der Waals surface area (Å²) in [5.74, 6) is 1.47. The van der Waals surface area contributed by atoms with E-state index < -0.39 is 0 Å². The minimum atomic E-state index is 0.674. The maximum Gasteiger partial charge on any atom is 0.166 e. The van der Waals surface area contributed by atoms with Crippen LogP contribution >= 0.6 is 0 Å². The molecule has 2 aromatic heterocycles. The minimum absolute atomic E-state index is 0.674. The Kier molecular flexibility index (Phi) is 4.66. The van der Waals surface area contributed by atoms with Crippen molar-refractivity contribution < 1.29 is 0 Å². The van der Waals surface area contributed by atoms with Crippen molar-refractivity contribution in [3.63, 3.8) is 0 Å². The number of imidazole rings is 1. The molecule has 0 atom stereocenters. The van der Waals surface area contributed by atoms with Crippen molar-refractivity contribution in [1.29, 1.82) is 0 Å². The Morgan fingerprint density at radius 1 is 1.00 bits per heavy atom. The van der Waals surface area contributed by atoms with Gasteiger partial charge in [0.05, 0.1) is 6.33 Å². The maximum atomic E-state index is 4.53. The Morgan fingerprint density at radius 3 is 2.48 bits per heavy atom. The smallest absolute Gasteiger partial charge is 0.166 e. The lowest BCUT2D eigenvalue weighted by atomic mass is 10.0. The number of rotatable bonds is 6. The number of nitrogens with one attached hydrogen (secondary N) is 1. The number of benzene rings is 2. The van der Waals surface area contributed by atoms with Crippen molar-refractivity contribution in [2.45, 2.75) is 20.0 Å². The third-order valence-corrected chi connectivity index (χ3v) is 4.42. The van der Waals surface area contributed by atoms with Gasteiger partial charge in [-0.3, -0.25) is 0 Å². The summed E-state index contributed by atoms with van der Waals surface area (Å²) in [6, 6.07) is 18.9. The Balaban J connectivity index is 1.54. The van der Waals surface area contributed by atoms with E-state index in [0.29, 0.717) is 13.1 Å². The Hall–Kier alpha value is -3.47. The van der Waals surface area contributed by atoms with Gasteiger partial charge in [-0.15, -0.1) is 6.58 Å². The van der Waals surface area contributed by atoms with E-state index in [-0.39, 0.29) is 0 Å². The molecule has 0 amide bonds. The van der Waals surface area contributed by atoms with E-state index >= 15 is 0 Å². The molecule has 0 saturated heterocycles. The fourth-order valence-electron chi connectivity index (χ4n) is 3.08. The lowest BCUT2D eigenvalue weighted by Gasteiger charge is -2.09. The molecule has 0 radical (unpaired) electrons.